The van der Waals surface area contributed by atoms with E-state index in [9.17, 15) is 9.18 Å². The lowest BCUT2D eigenvalue weighted by Gasteiger charge is -2.18. The van der Waals surface area contributed by atoms with E-state index < -0.39 is 5.82 Å². The molecule has 0 spiro atoms. The Balaban J connectivity index is 1.68. The van der Waals surface area contributed by atoms with Crippen LogP contribution < -0.4 is 4.74 Å². The lowest BCUT2D eigenvalue weighted by Crippen LogP contribution is -2.31. The molecule has 0 N–H and O–H groups in total. The number of halogens is 2. The van der Waals surface area contributed by atoms with E-state index in [1.165, 1.54) is 12.1 Å². The minimum absolute atomic E-state index is 0.131. The molecule has 0 aliphatic rings. The number of rotatable bonds is 6. The molecular weight excluding hydrogens is 381 g/mol. The van der Waals surface area contributed by atoms with Crippen LogP contribution in [0.25, 0.3) is 5.69 Å². The Hall–Kier alpha value is -2.86. The topological polar surface area (TPSA) is 47.4 Å². The SMILES string of the molecule is Cc1nn(-c2ccccc2)c(C)c1CN(C)C(=O)COc1ccc(F)cc1Cl. The number of nitrogens with zero attached hydrogens (tertiary/aromatic N) is 3. The summed E-state index contributed by atoms with van der Waals surface area (Å²) in [5.41, 5.74) is 3.80. The number of para-hydroxylation sites is 1. The maximum absolute atomic E-state index is 13.1. The molecule has 0 unspecified atom stereocenters. The maximum Gasteiger partial charge on any atom is 0.260 e. The van der Waals surface area contributed by atoms with E-state index in [-0.39, 0.29) is 23.3 Å². The average Bonchev–Trinajstić information content (AvgIpc) is 2.96. The summed E-state index contributed by atoms with van der Waals surface area (Å²) in [7, 11) is 1.71. The first-order valence-corrected chi connectivity index (χ1v) is 9.17. The van der Waals surface area contributed by atoms with Gasteiger partial charge in [0.25, 0.3) is 5.91 Å². The van der Waals surface area contributed by atoms with Gasteiger partial charge in [0.2, 0.25) is 0 Å². The summed E-state index contributed by atoms with van der Waals surface area (Å²) in [5.74, 6) is -0.400. The van der Waals surface area contributed by atoms with Crippen molar-refractivity contribution < 1.29 is 13.9 Å². The smallest absolute Gasteiger partial charge is 0.260 e. The Kier molecular flexibility index (Phi) is 5.99. The monoisotopic (exact) mass is 401 g/mol. The van der Waals surface area contributed by atoms with E-state index in [1.54, 1.807) is 11.9 Å². The van der Waals surface area contributed by atoms with E-state index in [0.717, 1.165) is 28.7 Å². The zero-order valence-electron chi connectivity index (χ0n) is 15.9. The third kappa shape index (κ3) is 4.34. The van der Waals surface area contributed by atoms with Crippen molar-refractivity contribution in [1.82, 2.24) is 14.7 Å². The van der Waals surface area contributed by atoms with Crippen molar-refractivity contribution in [3.05, 3.63) is 76.3 Å². The predicted octanol–water partition coefficient (Wildman–Crippen LogP) is 4.32. The molecule has 146 valence electrons. The largest absolute Gasteiger partial charge is 0.482 e. The summed E-state index contributed by atoms with van der Waals surface area (Å²) in [6.07, 6.45) is 0. The van der Waals surface area contributed by atoms with Gasteiger partial charge in [-0.25, -0.2) is 9.07 Å². The molecule has 0 aliphatic heterocycles. The number of carbonyl (C=O) groups excluding carboxylic acids is 1. The van der Waals surface area contributed by atoms with Gasteiger partial charge in [-0.1, -0.05) is 29.8 Å². The zero-order valence-corrected chi connectivity index (χ0v) is 16.7. The second-order valence-corrected chi connectivity index (χ2v) is 6.92. The van der Waals surface area contributed by atoms with Gasteiger partial charge in [0.05, 0.1) is 16.4 Å². The minimum Gasteiger partial charge on any atom is -0.482 e. The van der Waals surface area contributed by atoms with Gasteiger partial charge in [-0.15, -0.1) is 0 Å². The van der Waals surface area contributed by atoms with Crippen LogP contribution >= 0.6 is 11.6 Å². The molecule has 0 saturated carbocycles. The van der Waals surface area contributed by atoms with Crippen LogP contribution in [0.3, 0.4) is 0 Å². The van der Waals surface area contributed by atoms with Crippen molar-refractivity contribution in [1.29, 1.82) is 0 Å². The number of carbonyl (C=O) groups is 1. The molecule has 1 heterocycles. The fourth-order valence-corrected chi connectivity index (χ4v) is 3.11. The van der Waals surface area contributed by atoms with Crippen LogP contribution in [0.2, 0.25) is 5.02 Å². The molecule has 0 aliphatic carbocycles. The van der Waals surface area contributed by atoms with E-state index in [2.05, 4.69) is 5.10 Å². The van der Waals surface area contributed by atoms with Crippen LogP contribution in [-0.4, -0.2) is 34.2 Å². The van der Waals surface area contributed by atoms with Gasteiger partial charge in [0.15, 0.2) is 6.61 Å². The maximum atomic E-state index is 13.1. The van der Waals surface area contributed by atoms with Crippen LogP contribution in [0, 0.1) is 19.7 Å². The molecule has 5 nitrogen and oxygen atoms in total. The standard InChI is InChI=1S/C21H21ClFN3O2/c1-14-18(15(2)26(24-14)17-7-5-4-6-8-17)12-25(3)21(27)13-28-20-10-9-16(23)11-19(20)22/h4-11H,12-13H2,1-3H3. The molecule has 1 aromatic heterocycles. The number of benzene rings is 2. The van der Waals surface area contributed by atoms with Crippen LogP contribution in [-0.2, 0) is 11.3 Å². The first-order valence-electron chi connectivity index (χ1n) is 8.79. The molecule has 7 heteroatoms. The highest BCUT2D eigenvalue weighted by Gasteiger charge is 2.18. The van der Waals surface area contributed by atoms with Crippen LogP contribution in [0.1, 0.15) is 17.0 Å². The average molecular weight is 402 g/mol. The summed E-state index contributed by atoms with van der Waals surface area (Å²) >= 11 is 5.92. The van der Waals surface area contributed by atoms with Crippen LogP contribution in [0.5, 0.6) is 5.75 Å². The highest BCUT2D eigenvalue weighted by atomic mass is 35.5. The zero-order chi connectivity index (χ0) is 20.3. The lowest BCUT2D eigenvalue weighted by molar-refractivity contribution is -0.132. The van der Waals surface area contributed by atoms with Crippen molar-refractivity contribution in [3.8, 4) is 11.4 Å². The number of likely N-dealkylation sites (N-methyl/N-ethyl adjacent to an activating group) is 1. The summed E-state index contributed by atoms with van der Waals surface area (Å²) in [6, 6.07) is 13.6. The van der Waals surface area contributed by atoms with E-state index in [0.29, 0.717) is 6.54 Å². The van der Waals surface area contributed by atoms with Gasteiger partial charge >= 0.3 is 0 Å². The van der Waals surface area contributed by atoms with Gasteiger partial charge in [-0.2, -0.15) is 5.10 Å². The van der Waals surface area contributed by atoms with Crippen molar-refractivity contribution >= 4 is 17.5 Å². The molecule has 0 saturated heterocycles. The first kappa shape index (κ1) is 19.9. The fourth-order valence-electron chi connectivity index (χ4n) is 2.89. The van der Waals surface area contributed by atoms with Crippen molar-refractivity contribution in [2.24, 2.45) is 0 Å². The molecule has 0 atom stereocenters. The summed E-state index contributed by atoms with van der Waals surface area (Å²) in [5, 5.41) is 4.73. The molecule has 0 fully saturated rings. The number of ether oxygens (including phenoxy) is 1. The second-order valence-electron chi connectivity index (χ2n) is 6.51. The summed E-state index contributed by atoms with van der Waals surface area (Å²) in [4.78, 5) is 14.0. The van der Waals surface area contributed by atoms with Gasteiger partial charge in [0.1, 0.15) is 11.6 Å². The molecule has 1 amide bonds. The second kappa shape index (κ2) is 8.44. The minimum atomic E-state index is -0.456. The van der Waals surface area contributed by atoms with Crippen LogP contribution in [0.15, 0.2) is 48.5 Å². The number of amides is 1. The van der Waals surface area contributed by atoms with E-state index >= 15 is 0 Å². The molecule has 28 heavy (non-hydrogen) atoms. The molecule has 0 bridgehead atoms. The van der Waals surface area contributed by atoms with Gasteiger partial charge in [-0.05, 0) is 44.2 Å². The van der Waals surface area contributed by atoms with E-state index in [1.807, 2.05) is 48.9 Å². The summed E-state index contributed by atoms with van der Waals surface area (Å²) < 4.78 is 20.4. The highest BCUT2D eigenvalue weighted by Crippen LogP contribution is 2.25. The van der Waals surface area contributed by atoms with Crippen LogP contribution in [0.4, 0.5) is 4.39 Å². The molecule has 3 aromatic rings. The van der Waals surface area contributed by atoms with Crippen molar-refractivity contribution in [3.63, 3.8) is 0 Å². The molecule has 0 radical (unpaired) electrons. The fraction of sp³-hybridized carbons (Fsp3) is 0.238. The Bertz CT molecular complexity index is 989. The third-order valence-electron chi connectivity index (χ3n) is 4.51. The number of hydrogen-bond acceptors (Lipinski definition) is 3. The summed E-state index contributed by atoms with van der Waals surface area (Å²) in [6.45, 7) is 4.13. The van der Waals surface area contributed by atoms with Crippen molar-refractivity contribution in [2.45, 2.75) is 20.4 Å². The Morgan fingerprint density at radius 1 is 1.21 bits per heavy atom. The van der Waals surface area contributed by atoms with Gasteiger partial charge in [-0.3, -0.25) is 4.79 Å². The number of aromatic nitrogens is 2. The van der Waals surface area contributed by atoms with E-state index in [4.69, 9.17) is 16.3 Å². The highest BCUT2D eigenvalue weighted by molar-refractivity contribution is 6.32. The predicted molar refractivity (Wildman–Crippen MR) is 106 cm³/mol. The number of hydrogen-bond donors (Lipinski definition) is 0. The lowest BCUT2D eigenvalue weighted by atomic mass is 10.2. The Labute approximate surface area is 168 Å². The molecule has 3 rings (SSSR count). The normalized spacial score (nSPS) is 10.8. The Morgan fingerprint density at radius 2 is 1.93 bits per heavy atom. The van der Waals surface area contributed by atoms with Gasteiger partial charge < -0.3 is 9.64 Å². The first-order chi connectivity index (χ1) is 13.4. The molecular formula is C21H21ClFN3O2. The number of aryl methyl sites for hydroxylation is 1. The van der Waals surface area contributed by atoms with Gasteiger partial charge in [0, 0.05) is 24.8 Å². The molecule has 2 aromatic carbocycles. The quantitative estimate of drug-likeness (QED) is 0.618. The Morgan fingerprint density at radius 3 is 2.61 bits per heavy atom. The third-order valence-corrected chi connectivity index (χ3v) is 4.80. The van der Waals surface area contributed by atoms with Crippen molar-refractivity contribution in [2.75, 3.05) is 13.7 Å².